The first kappa shape index (κ1) is 22.8. The quantitative estimate of drug-likeness (QED) is 0.741. The fourth-order valence-electron chi connectivity index (χ4n) is 4.85. The number of amides is 2. The second-order valence-electron chi connectivity index (χ2n) is 8.78. The van der Waals surface area contributed by atoms with Crippen LogP contribution in [0.25, 0.3) is 11.1 Å². The average molecular weight is 456 g/mol. The van der Waals surface area contributed by atoms with Gasteiger partial charge in [0.25, 0.3) is 0 Å². The highest BCUT2D eigenvalue weighted by molar-refractivity contribution is 7.89. The minimum absolute atomic E-state index is 0.0364. The summed E-state index contributed by atoms with van der Waals surface area (Å²) in [4.78, 5) is 14.8. The Labute approximate surface area is 191 Å². The first-order valence-electron chi connectivity index (χ1n) is 11.7. The van der Waals surface area contributed by atoms with E-state index in [0.717, 1.165) is 31.2 Å². The number of carbonyl (C=O) groups is 1. The minimum atomic E-state index is -3.36. The summed E-state index contributed by atoms with van der Waals surface area (Å²) >= 11 is 0. The lowest BCUT2D eigenvalue weighted by Crippen LogP contribution is -2.50. The van der Waals surface area contributed by atoms with Crippen LogP contribution < -0.4 is 10.0 Å². The summed E-state index contributed by atoms with van der Waals surface area (Å²) in [5.74, 6) is 0.0364. The first-order valence-corrected chi connectivity index (χ1v) is 13.3. The third-order valence-corrected chi connectivity index (χ3v) is 8.04. The van der Waals surface area contributed by atoms with Gasteiger partial charge in [0.2, 0.25) is 10.0 Å². The van der Waals surface area contributed by atoms with E-state index in [0.29, 0.717) is 25.9 Å². The number of fused-ring (bicyclic) bond motifs is 5. The highest BCUT2D eigenvalue weighted by Crippen LogP contribution is 2.29. The Hall–Kier alpha value is -2.38. The zero-order valence-electron chi connectivity index (χ0n) is 18.7. The molecule has 6 nitrogen and oxygen atoms in total. The fraction of sp³-hybridized carbons (Fsp3) is 0.480. The second kappa shape index (κ2) is 10.0. The van der Waals surface area contributed by atoms with E-state index in [1.54, 1.807) is 6.92 Å². The largest absolute Gasteiger partial charge is 0.338 e. The van der Waals surface area contributed by atoms with Crippen LogP contribution in [0.1, 0.15) is 43.7 Å². The van der Waals surface area contributed by atoms with Crippen molar-refractivity contribution < 1.29 is 13.2 Å². The molecule has 2 amide bonds. The number of urea groups is 1. The molecule has 0 aliphatic carbocycles. The Morgan fingerprint density at radius 1 is 1.09 bits per heavy atom. The molecule has 1 saturated heterocycles. The molecule has 32 heavy (non-hydrogen) atoms. The smallest absolute Gasteiger partial charge is 0.317 e. The van der Waals surface area contributed by atoms with Crippen molar-refractivity contribution in [2.75, 3.05) is 18.8 Å². The predicted octanol–water partition coefficient (Wildman–Crippen LogP) is 3.71. The molecule has 172 valence electrons. The maximum atomic E-state index is 13.0. The number of rotatable bonds is 3. The third-order valence-electron chi connectivity index (χ3n) is 6.62. The number of nitrogens with one attached hydrogen (secondary N) is 2. The monoisotopic (exact) mass is 455 g/mol. The van der Waals surface area contributed by atoms with Gasteiger partial charge in [-0.25, -0.2) is 17.9 Å². The Kier molecular flexibility index (Phi) is 7.16. The molecule has 0 unspecified atom stereocenters. The molecule has 2 aliphatic rings. The minimum Gasteiger partial charge on any atom is -0.338 e. The molecule has 2 aliphatic heterocycles. The van der Waals surface area contributed by atoms with Gasteiger partial charge in [-0.2, -0.15) is 0 Å². The van der Waals surface area contributed by atoms with Gasteiger partial charge in [-0.15, -0.1) is 0 Å². The van der Waals surface area contributed by atoms with Crippen molar-refractivity contribution in [3.8, 4) is 11.1 Å². The first-order chi connectivity index (χ1) is 15.5. The predicted molar refractivity (Wildman–Crippen MR) is 128 cm³/mol. The van der Waals surface area contributed by atoms with Crippen LogP contribution in [0.2, 0.25) is 0 Å². The zero-order chi connectivity index (χ0) is 22.6. The van der Waals surface area contributed by atoms with E-state index in [9.17, 15) is 13.2 Å². The number of nitrogens with zero attached hydrogens (tertiary/aromatic N) is 1. The lowest BCUT2D eigenvalue weighted by atomic mass is 9.93. The van der Waals surface area contributed by atoms with Gasteiger partial charge >= 0.3 is 6.03 Å². The van der Waals surface area contributed by atoms with Crippen LogP contribution in [-0.2, 0) is 22.9 Å². The molecule has 0 aromatic heterocycles. The van der Waals surface area contributed by atoms with Gasteiger partial charge in [0.1, 0.15) is 0 Å². The summed E-state index contributed by atoms with van der Waals surface area (Å²) in [6, 6.07) is 16.4. The Morgan fingerprint density at radius 2 is 1.94 bits per heavy atom. The SMILES string of the molecule is CCS(=O)(=O)N[C@H]1CCN2C(=O)NCCCCCc3ccccc3-c3cccc(c3)C[C@@H]12. The molecule has 2 heterocycles. The Bertz CT molecular complexity index is 1050. The number of hydrogen-bond acceptors (Lipinski definition) is 3. The van der Waals surface area contributed by atoms with Gasteiger partial charge < -0.3 is 10.2 Å². The van der Waals surface area contributed by atoms with Crippen LogP contribution in [0.5, 0.6) is 0 Å². The molecule has 1 fully saturated rings. The number of aryl methyl sites for hydroxylation is 1. The molecule has 4 rings (SSSR count). The topological polar surface area (TPSA) is 78.5 Å². The van der Waals surface area contributed by atoms with Crippen molar-refractivity contribution in [3.05, 3.63) is 59.7 Å². The van der Waals surface area contributed by atoms with Crippen molar-refractivity contribution >= 4 is 16.1 Å². The van der Waals surface area contributed by atoms with Crippen molar-refractivity contribution in [2.24, 2.45) is 0 Å². The van der Waals surface area contributed by atoms with Gasteiger partial charge in [0, 0.05) is 19.1 Å². The molecule has 2 N–H and O–H groups in total. The Morgan fingerprint density at radius 3 is 2.78 bits per heavy atom. The van der Waals surface area contributed by atoms with E-state index in [1.807, 2.05) is 4.90 Å². The summed E-state index contributed by atoms with van der Waals surface area (Å²) in [7, 11) is -3.36. The van der Waals surface area contributed by atoms with Crippen molar-refractivity contribution in [1.29, 1.82) is 0 Å². The van der Waals surface area contributed by atoms with Crippen LogP contribution in [0.3, 0.4) is 0 Å². The number of carbonyl (C=O) groups excluding carboxylic acids is 1. The van der Waals surface area contributed by atoms with Crippen LogP contribution in [0, 0.1) is 0 Å². The fourth-order valence-corrected chi connectivity index (χ4v) is 5.75. The lowest BCUT2D eigenvalue weighted by Gasteiger charge is -2.29. The van der Waals surface area contributed by atoms with E-state index in [1.165, 1.54) is 16.7 Å². The summed E-state index contributed by atoms with van der Waals surface area (Å²) in [6.07, 6.45) is 5.33. The maximum Gasteiger partial charge on any atom is 0.317 e. The van der Waals surface area contributed by atoms with E-state index in [-0.39, 0.29) is 23.9 Å². The second-order valence-corrected chi connectivity index (χ2v) is 10.8. The van der Waals surface area contributed by atoms with Crippen LogP contribution in [-0.4, -0.2) is 50.3 Å². The van der Waals surface area contributed by atoms with E-state index < -0.39 is 10.0 Å². The molecule has 0 saturated carbocycles. The molecule has 2 aromatic carbocycles. The van der Waals surface area contributed by atoms with E-state index in [2.05, 4.69) is 58.6 Å². The molecule has 7 heteroatoms. The van der Waals surface area contributed by atoms with Gasteiger partial charge in [0.15, 0.2) is 0 Å². The summed E-state index contributed by atoms with van der Waals surface area (Å²) < 4.78 is 27.4. The van der Waals surface area contributed by atoms with E-state index in [4.69, 9.17) is 0 Å². The normalized spacial score (nSPS) is 22.3. The van der Waals surface area contributed by atoms with Crippen LogP contribution in [0.4, 0.5) is 4.79 Å². The van der Waals surface area contributed by atoms with E-state index >= 15 is 0 Å². The number of benzene rings is 2. The van der Waals surface area contributed by atoms with Crippen LogP contribution >= 0.6 is 0 Å². The molecule has 0 spiro atoms. The molecule has 2 atom stereocenters. The molecule has 2 aromatic rings. The highest BCUT2D eigenvalue weighted by atomic mass is 32.2. The van der Waals surface area contributed by atoms with Crippen molar-refractivity contribution in [1.82, 2.24) is 14.9 Å². The van der Waals surface area contributed by atoms with Gasteiger partial charge in [-0.1, -0.05) is 55.0 Å². The molecule has 2 bridgehead atoms. The van der Waals surface area contributed by atoms with Crippen LogP contribution in [0.15, 0.2) is 48.5 Å². The van der Waals surface area contributed by atoms with Crippen molar-refractivity contribution in [3.63, 3.8) is 0 Å². The summed E-state index contributed by atoms with van der Waals surface area (Å²) in [5, 5.41) is 3.06. The number of sulfonamides is 1. The maximum absolute atomic E-state index is 13.0. The number of hydrogen-bond donors (Lipinski definition) is 2. The van der Waals surface area contributed by atoms with Gasteiger partial charge in [-0.3, -0.25) is 0 Å². The third kappa shape index (κ3) is 5.33. The summed E-state index contributed by atoms with van der Waals surface area (Å²) in [6.45, 7) is 2.83. The van der Waals surface area contributed by atoms with Gasteiger partial charge in [0.05, 0.1) is 11.8 Å². The standard InChI is InChI=1S/C25H33N3O3S/c1-2-32(30,31)27-23-14-16-28-24(23)18-19-9-8-12-21(17-19)22-13-6-5-11-20(22)10-4-3-7-15-26-25(28)29/h5-6,8-9,11-13,17,23-24,27H,2-4,7,10,14-16,18H2,1H3,(H,26,29)/t23-,24-/m0/s1. The van der Waals surface area contributed by atoms with Crippen molar-refractivity contribution in [2.45, 2.75) is 57.5 Å². The zero-order valence-corrected chi connectivity index (χ0v) is 19.5. The van der Waals surface area contributed by atoms with Gasteiger partial charge in [-0.05, 0) is 61.3 Å². The molecule has 0 radical (unpaired) electrons. The average Bonchev–Trinajstić information content (AvgIpc) is 3.17. The summed E-state index contributed by atoms with van der Waals surface area (Å²) in [5.41, 5.74) is 4.88. The molecular formula is C25H33N3O3S. The Balaban J connectivity index is 1.68. The highest BCUT2D eigenvalue weighted by Gasteiger charge is 2.38. The lowest BCUT2D eigenvalue weighted by molar-refractivity contribution is 0.189. The molecular weight excluding hydrogens is 422 g/mol.